The number of hydrogen-bond acceptors (Lipinski definition) is 5. The summed E-state index contributed by atoms with van der Waals surface area (Å²) in [7, 11) is 0. The molecule has 1 aliphatic heterocycles. The highest BCUT2D eigenvalue weighted by Gasteiger charge is 2.24. The Labute approximate surface area is 127 Å². The van der Waals surface area contributed by atoms with Crippen LogP contribution >= 0.6 is 0 Å². The fraction of sp³-hybridized carbons (Fsp3) is 0.688. The standard InChI is InChI=1S/C16H27N3O2/c1-12-7-13(9-18-16(2,3)4)8-17-15(12)19-5-6-21-11-14(19)10-20/h7-8,14,18,20H,5-6,9-11H2,1-4H3. The summed E-state index contributed by atoms with van der Waals surface area (Å²) in [6.07, 6.45) is 1.92. The summed E-state index contributed by atoms with van der Waals surface area (Å²) in [6.45, 7) is 11.5. The van der Waals surface area contributed by atoms with E-state index in [-0.39, 0.29) is 18.2 Å². The lowest BCUT2D eigenvalue weighted by atomic mass is 10.1. The molecule has 0 radical (unpaired) electrons. The number of ether oxygens (including phenoxy) is 1. The lowest BCUT2D eigenvalue weighted by molar-refractivity contribution is 0.0722. The van der Waals surface area contributed by atoms with Gasteiger partial charge in [-0.05, 0) is 44.9 Å². The molecule has 0 saturated carbocycles. The molecule has 5 nitrogen and oxygen atoms in total. The molecule has 1 aromatic rings. The molecule has 0 amide bonds. The average Bonchev–Trinajstić information content (AvgIpc) is 2.44. The maximum atomic E-state index is 9.48. The quantitative estimate of drug-likeness (QED) is 0.880. The number of nitrogens with zero attached hydrogens (tertiary/aromatic N) is 2. The van der Waals surface area contributed by atoms with Gasteiger partial charge >= 0.3 is 0 Å². The number of hydrogen-bond donors (Lipinski definition) is 2. The van der Waals surface area contributed by atoms with E-state index in [1.807, 2.05) is 6.20 Å². The van der Waals surface area contributed by atoms with Crippen molar-refractivity contribution in [2.75, 3.05) is 31.3 Å². The van der Waals surface area contributed by atoms with Gasteiger partial charge in [0.2, 0.25) is 0 Å². The summed E-state index contributed by atoms with van der Waals surface area (Å²) in [4.78, 5) is 6.77. The van der Waals surface area contributed by atoms with Crippen molar-refractivity contribution >= 4 is 5.82 Å². The second-order valence-corrected chi connectivity index (χ2v) is 6.69. The zero-order valence-electron chi connectivity index (χ0n) is 13.5. The first-order valence-electron chi connectivity index (χ1n) is 7.56. The lowest BCUT2D eigenvalue weighted by Crippen LogP contribution is -2.48. The lowest BCUT2D eigenvalue weighted by Gasteiger charge is -2.36. The van der Waals surface area contributed by atoms with E-state index in [4.69, 9.17) is 4.74 Å². The summed E-state index contributed by atoms with van der Waals surface area (Å²) in [5.41, 5.74) is 2.42. The number of nitrogens with one attached hydrogen (secondary N) is 1. The number of aryl methyl sites for hydroxylation is 1. The molecule has 0 bridgehead atoms. The molecule has 5 heteroatoms. The van der Waals surface area contributed by atoms with E-state index < -0.39 is 0 Å². The molecule has 1 fully saturated rings. The van der Waals surface area contributed by atoms with Gasteiger partial charge in [-0.15, -0.1) is 0 Å². The normalized spacial score (nSPS) is 19.9. The van der Waals surface area contributed by atoms with E-state index in [9.17, 15) is 5.11 Å². The van der Waals surface area contributed by atoms with Gasteiger partial charge in [-0.1, -0.05) is 0 Å². The molecule has 1 aliphatic rings. The summed E-state index contributed by atoms with van der Waals surface area (Å²) in [5, 5.41) is 13.0. The van der Waals surface area contributed by atoms with E-state index in [1.54, 1.807) is 0 Å². The van der Waals surface area contributed by atoms with Crippen LogP contribution in [-0.4, -0.2) is 48.0 Å². The Bertz CT molecular complexity index is 471. The van der Waals surface area contributed by atoms with Crippen LogP contribution in [0.1, 0.15) is 31.9 Å². The minimum atomic E-state index is 0.00324. The first-order valence-corrected chi connectivity index (χ1v) is 7.56. The number of aliphatic hydroxyl groups is 1. The molecule has 1 aromatic heterocycles. The molecule has 21 heavy (non-hydrogen) atoms. The highest BCUT2D eigenvalue weighted by molar-refractivity contribution is 5.48. The third-order valence-electron chi connectivity index (χ3n) is 3.64. The molecule has 1 atom stereocenters. The molecule has 2 N–H and O–H groups in total. The van der Waals surface area contributed by atoms with Crippen LogP contribution in [0, 0.1) is 6.92 Å². The first-order chi connectivity index (χ1) is 9.90. The third kappa shape index (κ3) is 4.40. The highest BCUT2D eigenvalue weighted by Crippen LogP contribution is 2.22. The van der Waals surface area contributed by atoms with Crippen LogP contribution in [0.5, 0.6) is 0 Å². The fourth-order valence-corrected chi connectivity index (χ4v) is 2.48. The first kappa shape index (κ1) is 16.2. The molecular formula is C16H27N3O2. The monoisotopic (exact) mass is 293 g/mol. The second-order valence-electron chi connectivity index (χ2n) is 6.69. The van der Waals surface area contributed by atoms with Crippen molar-refractivity contribution in [1.29, 1.82) is 0 Å². The van der Waals surface area contributed by atoms with E-state index in [0.717, 1.165) is 24.5 Å². The molecule has 0 aliphatic carbocycles. The molecule has 118 valence electrons. The number of rotatable bonds is 4. The van der Waals surface area contributed by atoms with Gasteiger partial charge in [0.1, 0.15) is 5.82 Å². The second kappa shape index (κ2) is 6.73. The van der Waals surface area contributed by atoms with Gasteiger partial charge in [-0.2, -0.15) is 0 Å². The third-order valence-corrected chi connectivity index (χ3v) is 3.64. The maximum absolute atomic E-state index is 9.48. The van der Waals surface area contributed by atoms with Crippen molar-refractivity contribution in [3.63, 3.8) is 0 Å². The predicted molar refractivity (Wildman–Crippen MR) is 84.6 cm³/mol. The Kier molecular flexibility index (Phi) is 5.19. The van der Waals surface area contributed by atoms with Gasteiger partial charge in [-0.3, -0.25) is 0 Å². The average molecular weight is 293 g/mol. The Morgan fingerprint density at radius 2 is 2.24 bits per heavy atom. The number of aromatic nitrogens is 1. The molecular weight excluding hydrogens is 266 g/mol. The van der Waals surface area contributed by atoms with E-state index in [0.29, 0.717) is 13.2 Å². The number of pyridine rings is 1. The summed E-state index contributed by atoms with van der Waals surface area (Å²) in [6, 6.07) is 2.17. The minimum absolute atomic E-state index is 0.00324. The van der Waals surface area contributed by atoms with E-state index >= 15 is 0 Å². The van der Waals surface area contributed by atoms with Gasteiger partial charge < -0.3 is 20.1 Å². The van der Waals surface area contributed by atoms with Crippen LogP contribution < -0.4 is 10.2 Å². The van der Waals surface area contributed by atoms with Crippen LogP contribution in [0.3, 0.4) is 0 Å². The Balaban J connectivity index is 2.11. The van der Waals surface area contributed by atoms with Crippen molar-refractivity contribution in [1.82, 2.24) is 10.3 Å². The Morgan fingerprint density at radius 1 is 1.48 bits per heavy atom. The van der Waals surface area contributed by atoms with Gasteiger partial charge in [0, 0.05) is 24.8 Å². The van der Waals surface area contributed by atoms with Crippen molar-refractivity contribution < 1.29 is 9.84 Å². The highest BCUT2D eigenvalue weighted by atomic mass is 16.5. The maximum Gasteiger partial charge on any atom is 0.131 e. The molecule has 1 saturated heterocycles. The van der Waals surface area contributed by atoms with Gasteiger partial charge in [0.15, 0.2) is 0 Å². The van der Waals surface area contributed by atoms with Crippen LogP contribution in [0.4, 0.5) is 5.82 Å². The Hall–Kier alpha value is -1.17. The zero-order valence-corrected chi connectivity index (χ0v) is 13.5. The molecule has 2 heterocycles. The van der Waals surface area contributed by atoms with Crippen molar-refractivity contribution in [2.45, 2.75) is 45.8 Å². The SMILES string of the molecule is Cc1cc(CNC(C)(C)C)cnc1N1CCOCC1CO. The number of anilines is 1. The summed E-state index contributed by atoms with van der Waals surface area (Å²) < 4.78 is 5.42. The van der Waals surface area contributed by atoms with Gasteiger partial charge in [0.25, 0.3) is 0 Å². The van der Waals surface area contributed by atoms with Crippen LogP contribution in [0.15, 0.2) is 12.3 Å². The van der Waals surface area contributed by atoms with E-state index in [2.05, 4.69) is 49.0 Å². The van der Waals surface area contributed by atoms with Crippen molar-refractivity contribution in [3.05, 3.63) is 23.4 Å². The predicted octanol–water partition coefficient (Wildman–Crippen LogP) is 1.48. The largest absolute Gasteiger partial charge is 0.394 e. The number of morpholine rings is 1. The fourth-order valence-electron chi connectivity index (χ4n) is 2.48. The summed E-state index contributed by atoms with van der Waals surface area (Å²) in [5.74, 6) is 0.955. The molecule has 0 aromatic carbocycles. The van der Waals surface area contributed by atoms with Crippen molar-refractivity contribution in [3.8, 4) is 0 Å². The molecule has 2 rings (SSSR count). The zero-order chi connectivity index (χ0) is 15.5. The molecule has 0 spiro atoms. The smallest absolute Gasteiger partial charge is 0.131 e. The minimum Gasteiger partial charge on any atom is -0.394 e. The van der Waals surface area contributed by atoms with Crippen LogP contribution in [0.2, 0.25) is 0 Å². The number of aliphatic hydroxyl groups excluding tert-OH is 1. The van der Waals surface area contributed by atoms with Gasteiger partial charge in [-0.25, -0.2) is 4.98 Å². The van der Waals surface area contributed by atoms with E-state index in [1.165, 1.54) is 5.56 Å². The van der Waals surface area contributed by atoms with Gasteiger partial charge in [0.05, 0.1) is 25.9 Å². The topological polar surface area (TPSA) is 57.6 Å². The van der Waals surface area contributed by atoms with Crippen molar-refractivity contribution in [2.24, 2.45) is 0 Å². The Morgan fingerprint density at radius 3 is 2.86 bits per heavy atom. The van der Waals surface area contributed by atoms with Crippen LogP contribution in [0.25, 0.3) is 0 Å². The molecule has 1 unspecified atom stereocenters. The summed E-state index contributed by atoms with van der Waals surface area (Å²) >= 11 is 0. The van der Waals surface area contributed by atoms with Crippen LogP contribution in [-0.2, 0) is 11.3 Å².